The zero-order chi connectivity index (χ0) is 14.7. The van der Waals surface area contributed by atoms with E-state index in [0.717, 1.165) is 18.0 Å². The lowest BCUT2D eigenvalue weighted by atomic mass is 9.96. The predicted octanol–water partition coefficient (Wildman–Crippen LogP) is 2.41. The van der Waals surface area contributed by atoms with Gasteiger partial charge < -0.3 is 15.5 Å². The van der Waals surface area contributed by atoms with E-state index in [4.69, 9.17) is 18.0 Å². The first-order valence-corrected chi connectivity index (χ1v) is 7.69. The van der Waals surface area contributed by atoms with Gasteiger partial charge in [-0.3, -0.25) is 0 Å². The summed E-state index contributed by atoms with van der Waals surface area (Å²) in [6.45, 7) is 5.61. The normalized spacial score (nSPS) is 17.1. The molecule has 0 saturated carbocycles. The lowest BCUT2D eigenvalue weighted by Crippen LogP contribution is -2.36. The summed E-state index contributed by atoms with van der Waals surface area (Å²) >= 11 is 5.19. The fourth-order valence-electron chi connectivity index (χ4n) is 3.09. The average Bonchev–Trinajstić information content (AvgIpc) is 2.40. The first-order chi connectivity index (χ1) is 9.49. The molecule has 1 aromatic rings. The number of thiocarbonyl (C=S) groups is 1. The molecule has 1 aromatic carbocycles. The number of rotatable bonds is 4. The second-order valence-electron chi connectivity index (χ2n) is 5.96. The van der Waals surface area contributed by atoms with Crippen molar-refractivity contribution < 1.29 is 0 Å². The van der Waals surface area contributed by atoms with Crippen molar-refractivity contribution in [2.24, 2.45) is 11.7 Å². The Bertz CT molecular complexity index is 479. The third kappa shape index (κ3) is 3.49. The maximum Gasteiger partial charge on any atom is 0.106 e. The van der Waals surface area contributed by atoms with Crippen molar-refractivity contribution in [2.75, 3.05) is 38.6 Å². The van der Waals surface area contributed by atoms with Gasteiger partial charge in [-0.05, 0) is 57.5 Å². The first kappa shape index (κ1) is 15.3. The van der Waals surface area contributed by atoms with Gasteiger partial charge in [0.1, 0.15) is 4.99 Å². The largest absolute Gasteiger partial charge is 0.389 e. The van der Waals surface area contributed by atoms with Crippen molar-refractivity contribution in [1.29, 1.82) is 0 Å². The molecule has 1 aliphatic rings. The molecule has 0 bridgehead atoms. The summed E-state index contributed by atoms with van der Waals surface area (Å²) in [4.78, 5) is 5.23. The molecule has 0 aromatic heterocycles. The van der Waals surface area contributed by atoms with Crippen LogP contribution in [0.1, 0.15) is 24.0 Å². The van der Waals surface area contributed by atoms with Crippen molar-refractivity contribution in [2.45, 2.75) is 19.8 Å². The summed E-state index contributed by atoms with van der Waals surface area (Å²) in [5.41, 5.74) is 9.30. The second kappa shape index (κ2) is 6.55. The highest BCUT2D eigenvalue weighted by molar-refractivity contribution is 7.80. The van der Waals surface area contributed by atoms with Gasteiger partial charge in [0.05, 0.1) is 0 Å². The van der Waals surface area contributed by atoms with Gasteiger partial charge in [-0.15, -0.1) is 0 Å². The van der Waals surface area contributed by atoms with E-state index >= 15 is 0 Å². The van der Waals surface area contributed by atoms with Crippen molar-refractivity contribution in [3.05, 3.63) is 29.3 Å². The van der Waals surface area contributed by atoms with Crippen LogP contribution in [-0.4, -0.2) is 43.6 Å². The van der Waals surface area contributed by atoms with Gasteiger partial charge in [0, 0.05) is 24.8 Å². The molecule has 1 aliphatic heterocycles. The molecule has 2 N–H and O–H groups in total. The number of anilines is 1. The third-order valence-corrected chi connectivity index (χ3v) is 4.48. The number of likely N-dealkylation sites (tertiary alicyclic amines) is 1. The predicted molar refractivity (Wildman–Crippen MR) is 90.6 cm³/mol. The lowest BCUT2D eigenvalue weighted by Gasteiger charge is -2.33. The van der Waals surface area contributed by atoms with Gasteiger partial charge in [-0.25, -0.2) is 0 Å². The van der Waals surface area contributed by atoms with Crippen molar-refractivity contribution in [3.63, 3.8) is 0 Å². The molecule has 1 fully saturated rings. The van der Waals surface area contributed by atoms with Crippen molar-refractivity contribution in [1.82, 2.24) is 4.90 Å². The average molecular weight is 291 g/mol. The lowest BCUT2D eigenvalue weighted by molar-refractivity contribution is 0.222. The molecule has 110 valence electrons. The molecule has 2 rings (SSSR count). The number of piperidine rings is 1. The van der Waals surface area contributed by atoms with Crippen LogP contribution < -0.4 is 10.6 Å². The van der Waals surface area contributed by atoms with Crippen LogP contribution in [0.2, 0.25) is 0 Å². The van der Waals surface area contributed by atoms with Crippen LogP contribution in [0.15, 0.2) is 18.2 Å². The topological polar surface area (TPSA) is 32.5 Å². The van der Waals surface area contributed by atoms with Gasteiger partial charge in [0.15, 0.2) is 0 Å². The van der Waals surface area contributed by atoms with Crippen LogP contribution in [0.4, 0.5) is 5.69 Å². The smallest absolute Gasteiger partial charge is 0.106 e. The zero-order valence-corrected chi connectivity index (χ0v) is 13.5. The Balaban J connectivity index is 2.13. The number of nitrogens with two attached hydrogens (primary N) is 1. The fraction of sp³-hybridized carbons (Fsp3) is 0.562. The number of hydrogen-bond donors (Lipinski definition) is 1. The minimum atomic E-state index is 0.485. The van der Waals surface area contributed by atoms with Gasteiger partial charge in [-0.1, -0.05) is 24.4 Å². The highest BCUT2D eigenvalue weighted by Gasteiger charge is 2.20. The molecule has 3 nitrogen and oxygen atoms in total. The van der Waals surface area contributed by atoms with E-state index in [2.05, 4.69) is 36.9 Å². The van der Waals surface area contributed by atoms with E-state index in [1.54, 1.807) is 0 Å². The Hall–Kier alpha value is -1.13. The molecular formula is C16H25N3S. The maximum absolute atomic E-state index is 5.87. The molecule has 0 spiro atoms. The Morgan fingerprint density at radius 1 is 1.40 bits per heavy atom. The Morgan fingerprint density at radius 2 is 2.05 bits per heavy atom. The fourth-order valence-corrected chi connectivity index (χ4v) is 3.25. The highest BCUT2D eigenvalue weighted by Crippen LogP contribution is 2.27. The summed E-state index contributed by atoms with van der Waals surface area (Å²) in [6, 6.07) is 6.18. The summed E-state index contributed by atoms with van der Waals surface area (Å²) in [5, 5.41) is 0. The molecule has 0 unspecified atom stereocenters. The van der Waals surface area contributed by atoms with E-state index < -0.39 is 0 Å². The molecule has 0 amide bonds. The molecule has 0 radical (unpaired) electrons. The van der Waals surface area contributed by atoms with E-state index in [9.17, 15) is 0 Å². The minimum Gasteiger partial charge on any atom is -0.389 e. The third-order valence-electron chi connectivity index (χ3n) is 4.26. The number of hydrogen-bond acceptors (Lipinski definition) is 3. The van der Waals surface area contributed by atoms with E-state index in [0.29, 0.717) is 4.99 Å². The van der Waals surface area contributed by atoms with Crippen LogP contribution in [0, 0.1) is 12.8 Å². The maximum atomic E-state index is 5.87. The highest BCUT2D eigenvalue weighted by atomic mass is 32.1. The Labute approximate surface area is 127 Å². The Kier molecular flexibility index (Phi) is 5.00. The molecule has 0 aliphatic carbocycles. The van der Waals surface area contributed by atoms with Gasteiger partial charge in [0.2, 0.25) is 0 Å². The van der Waals surface area contributed by atoms with Crippen LogP contribution in [0.3, 0.4) is 0 Å². The Morgan fingerprint density at radius 3 is 2.65 bits per heavy atom. The van der Waals surface area contributed by atoms with Crippen LogP contribution in [-0.2, 0) is 0 Å². The molecule has 1 saturated heterocycles. The molecular weight excluding hydrogens is 266 g/mol. The summed E-state index contributed by atoms with van der Waals surface area (Å²) in [6.07, 6.45) is 2.55. The number of para-hydroxylation sites is 1. The molecule has 4 heteroatoms. The summed E-state index contributed by atoms with van der Waals surface area (Å²) in [5.74, 6) is 0.759. The second-order valence-corrected chi connectivity index (χ2v) is 6.40. The standard InChI is InChI=1S/C16H25N3S/c1-12-5-4-6-14(16(17)20)15(12)19(3)11-13-7-9-18(2)10-8-13/h4-6,13H,7-11H2,1-3H3,(H2,17,20). The zero-order valence-electron chi connectivity index (χ0n) is 12.7. The summed E-state index contributed by atoms with van der Waals surface area (Å²) < 4.78 is 0. The van der Waals surface area contributed by atoms with Crippen molar-refractivity contribution in [3.8, 4) is 0 Å². The van der Waals surface area contributed by atoms with Crippen molar-refractivity contribution >= 4 is 22.9 Å². The number of nitrogens with zero attached hydrogens (tertiary/aromatic N) is 2. The molecule has 1 heterocycles. The quantitative estimate of drug-likeness (QED) is 0.864. The monoisotopic (exact) mass is 291 g/mol. The van der Waals surface area contributed by atoms with Gasteiger partial charge in [-0.2, -0.15) is 0 Å². The van der Waals surface area contributed by atoms with E-state index in [1.807, 2.05) is 12.1 Å². The first-order valence-electron chi connectivity index (χ1n) is 7.28. The van der Waals surface area contributed by atoms with Gasteiger partial charge in [0.25, 0.3) is 0 Å². The number of benzene rings is 1. The summed E-state index contributed by atoms with van der Waals surface area (Å²) in [7, 11) is 4.36. The van der Waals surface area contributed by atoms with E-state index in [1.165, 1.54) is 37.2 Å². The van der Waals surface area contributed by atoms with Crippen LogP contribution in [0.25, 0.3) is 0 Å². The van der Waals surface area contributed by atoms with Crippen LogP contribution >= 0.6 is 12.2 Å². The number of aryl methyl sites for hydroxylation is 1. The van der Waals surface area contributed by atoms with Gasteiger partial charge >= 0.3 is 0 Å². The minimum absolute atomic E-state index is 0.485. The SMILES string of the molecule is Cc1cccc(C(N)=S)c1N(C)CC1CCN(C)CC1. The molecule has 20 heavy (non-hydrogen) atoms. The van der Waals surface area contributed by atoms with Crippen LogP contribution in [0.5, 0.6) is 0 Å². The molecule has 0 atom stereocenters. The van der Waals surface area contributed by atoms with E-state index in [-0.39, 0.29) is 0 Å².